The lowest BCUT2D eigenvalue weighted by Gasteiger charge is -2.23. The third-order valence-electron chi connectivity index (χ3n) is 2.68. The Bertz CT molecular complexity index is 509. The molecule has 5 nitrogen and oxygen atoms in total. The van der Waals surface area contributed by atoms with E-state index < -0.39 is 0 Å². The first-order chi connectivity index (χ1) is 9.06. The number of nitrogens with zero attached hydrogens (tertiary/aromatic N) is 3. The Morgan fingerprint density at radius 2 is 2.26 bits per heavy atom. The predicted octanol–water partition coefficient (Wildman–Crippen LogP) is 2.49. The van der Waals surface area contributed by atoms with Gasteiger partial charge in [0.25, 0.3) is 0 Å². The van der Waals surface area contributed by atoms with Crippen LogP contribution in [-0.2, 0) is 0 Å². The minimum atomic E-state index is 0.174. The number of hydrogen-bond donors (Lipinski definition) is 2. The molecule has 19 heavy (non-hydrogen) atoms. The van der Waals surface area contributed by atoms with Crippen LogP contribution in [0.2, 0.25) is 5.15 Å². The largest absolute Gasteiger partial charge is 0.368 e. The van der Waals surface area contributed by atoms with Crippen molar-refractivity contribution in [2.75, 3.05) is 31.7 Å². The Kier molecular flexibility index (Phi) is 4.57. The second-order valence-electron chi connectivity index (χ2n) is 4.31. The lowest BCUT2D eigenvalue weighted by Crippen LogP contribution is -2.26. The highest BCUT2D eigenvalue weighted by molar-refractivity contribution is 7.10. The van der Waals surface area contributed by atoms with Crippen LogP contribution in [0.25, 0.3) is 0 Å². The van der Waals surface area contributed by atoms with Crippen LogP contribution in [0.1, 0.15) is 10.9 Å². The van der Waals surface area contributed by atoms with Gasteiger partial charge in [0.05, 0.1) is 6.04 Å². The van der Waals surface area contributed by atoms with Gasteiger partial charge in [0, 0.05) is 17.5 Å². The highest BCUT2D eigenvalue weighted by Crippen LogP contribution is 2.23. The molecular weight excluding hydrogens is 282 g/mol. The van der Waals surface area contributed by atoms with Crippen molar-refractivity contribution in [1.82, 2.24) is 14.9 Å². The second-order valence-corrected chi connectivity index (χ2v) is 5.68. The number of nitrogen functional groups attached to an aromatic ring is 1. The molecule has 0 radical (unpaired) electrons. The molecule has 0 aromatic carbocycles. The minimum Gasteiger partial charge on any atom is -0.368 e. The van der Waals surface area contributed by atoms with E-state index in [1.54, 1.807) is 17.4 Å². The van der Waals surface area contributed by atoms with Gasteiger partial charge in [-0.25, -0.2) is 4.98 Å². The van der Waals surface area contributed by atoms with Gasteiger partial charge >= 0.3 is 0 Å². The Hall–Kier alpha value is -1.37. The summed E-state index contributed by atoms with van der Waals surface area (Å²) in [5.74, 6) is 0.813. The van der Waals surface area contributed by atoms with Crippen LogP contribution in [-0.4, -0.2) is 35.5 Å². The zero-order chi connectivity index (χ0) is 13.8. The Labute approximate surface area is 121 Å². The Morgan fingerprint density at radius 3 is 2.84 bits per heavy atom. The molecule has 0 unspecified atom stereocenters. The lowest BCUT2D eigenvalue weighted by atomic mass is 10.2. The fraction of sp³-hybridized carbons (Fsp3) is 0.333. The molecular formula is C12H16ClN5S. The maximum Gasteiger partial charge on any atom is 0.223 e. The van der Waals surface area contributed by atoms with E-state index in [2.05, 4.69) is 37.7 Å². The third kappa shape index (κ3) is 3.79. The molecule has 102 valence electrons. The summed E-state index contributed by atoms with van der Waals surface area (Å²) in [6.07, 6.45) is 0. The number of nitrogens with one attached hydrogen (secondary N) is 1. The molecule has 0 spiro atoms. The van der Waals surface area contributed by atoms with Crippen LogP contribution in [0.15, 0.2) is 23.6 Å². The van der Waals surface area contributed by atoms with Gasteiger partial charge in [-0.3, -0.25) is 0 Å². The summed E-state index contributed by atoms with van der Waals surface area (Å²) in [5, 5.41) is 5.66. The van der Waals surface area contributed by atoms with Crippen molar-refractivity contribution in [2.24, 2.45) is 0 Å². The van der Waals surface area contributed by atoms with E-state index >= 15 is 0 Å². The van der Waals surface area contributed by atoms with Gasteiger partial charge < -0.3 is 16.0 Å². The highest BCUT2D eigenvalue weighted by Gasteiger charge is 2.15. The van der Waals surface area contributed by atoms with Crippen LogP contribution in [0.5, 0.6) is 0 Å². The first-order valence-electron chi connectivity index (χ1n) is 5.80. The summed E-state index contributed by atoms with van der Waals surface area (Å²) in [5.41, 5.74) is 5.57. The molecule has 0 bridgehead atoms. The number of halogens is 1. The van der Waals surface area contributed by atoms with E-state index in [0.717, 1.165) is 6.54 Å². The molecule has 0 aliphatic carbocycles. The summed E-state index contributed by atoms with van der Waals surface area (Å²) < 4.78 is 0. The van der Waals surface area contributed by atoms with Crippen LogP contribution < -0.4 is 11.1 Å². The molecule has 0 aliphatic heterocycles. The monoisotopic (exact) mass is 297 g/mol. The number of likely N-dealkylation sites (N-methyl/N-ethyl adjacent to an activating group) is 1. The fourth-order valence-electron chi connectivity index (χ4n) is 1.75. The van der Waals surface area contributed by atoms with Gasteiger partial charge in [0.15, 0.2) is 0 Å². The molecule has 0 fully saturated rings. The van der Waals surface area contributed by atoms with Gasteiger partial charge in [-0.15, -0.1) is 11.3 Å². The van der Waals surface area contributed by atoms with Crippen molar-refractivity contribution in [3.63, 3.8) is 0 Å². The quantitative estimate of drug-likeness (QED) is 0.830. The van der Waals surface area contributed by atoms with Crippen molar-refractivity contribution in [3.05, 3.63) is 33.6 Å². The van der Waals surface area contributed by atoms with E-state index in [9.17, 15) is 0 Å². The smallest absolute Gasteiger partial charge is 0.223 e. The molecule has 3 N–H and O–H groups in total. The number of anilines is 2. The van der Waals surface area contributed by atoms with Crippen LogP contribution in [0, 0.1) is 0 Å². The van der Waals surface area contributed by atoms with Crippen molar-refractivity contribution in [3.8, 4) is 0 Å². The summed E-state index contributed by atoms with van der Waals surface area (Å²) in [7, 11) is 4.10. The molecule has 7 heteroatoms. The Balaban J connectivity index is 2.07. The topological polar surface area (TPSA) is 67.1 Å². The lowest BCUT2D eigenvalue weighted by molar-refractivity contribution is 0.316. The molecule has 0 aliphatic rings. The third-order valence-corrected chi connectivity index (χ3v) is 3.85. The van der Waals surface area contributed by atoms with Gasteiger partial charge in [-0.2, -0.15) is 4.98 Å². The van der Waals surface area contributed by atoms with Crippen LogP contribution >= 0.6 is 22.9 Å². The van der Waals surface area contributed by atoms with E-state index in [0.29, 0.717) is 11.0 Å². The van der Waals surface area contributed by atoms with E-state index in [-0.39, 0.29) is 12.0 Å². The first kappa shape index (κ1) is 14.0. The average Bonchev–Trinajstić information content (AvgIpc) is 2.81. The van der Waals surface area contributed by atoms with Crippen molar-refractivity contribution in [1.29, 1.82) is 0 Å². The van der Waals surface area contributed by atoms with Crippen molar-refractivity contribution >= 4 is 34.7 Å². The number of hydrogen-bond acceptors (Lipinski definition) is 6. The summed E-state index contributed by atoms with van der Waals surface area (Å²) >= 11 is 7.58. The maximum absolute atomic E-state index is 5.85. The number of nitrogens with two attached hydrogens (primary N) is 1. The second kappa shape index (κ2) is 6.18. The molecule has 2 aromatic rings. The normalized spacial score (nSPS) is 12.6. The van der Waals surface area contributed by atoms with E-state index in [4.69, 9.17) is 17.3 Å². The first-order valence-corrected chi connectivity index (χ1v) is 7.06. The number of rotatable bonds is 5. The highest BCUT2D eigenvalue weighted by atomic mass is 35.5. The fourth-order valence-corrected chi connectivity index (χ4v) is 2.86. The molecule has 2 rings (SSSR count). The molecule has 0 saturated heterocycles. The predicted molar refractivity (Wildman–Crippen MR) is 80.7 cm³/mol. The molecule has 0 saturated carbocycles. The number of thiophene rings is 1. The van der Waals surface area contributed by atoms with Crippen molar-refractivity contribution in [2.45, 2.75) is 6.04 Å². The van der Waals surface area contributed by atoms with Gasteiger partial charge in [0.1, 0.15) is 11.0 Å². The zero-order valence-corrected chi connectivity index (χ0v) is 12.4. The Morgan fingerprint density at radius 1 is 1.47 bits per heavy atom. The minimum absolute atomic E-state index is 0.174. The van der Waals surface area contributed by atoms with Crippen LogP contribution in [0.4, 0.5) is 11.8 Å². The molecule has 0 amide bonds. The van der Waals surface area contributed by atoms with Gasteiger partial charge in [-0.1, -0.05) is 17.7 Å². The number of aromatic nitrogens is 2. The summed E-state index contributed by atoms with van der Waals surface area (Å²) in [6.45, 7) is 0.723. The standard InChI is InChI=1S/C12H16ClN5S/c1-18(2)8(9-4-3-5-19-9)7-15-11-6-10(13)16-12(14)17-11/h3-6,8H,7H2,1-2H3,(H3,14,15,16,17)/t8-/m0/s1. The zero-order valence-electron chi connectivity index (χ0n) is 10.8. The molecule has 2 aromatic heterocycles. The summed E-state index contributed by atoms with van der Waals surface area (Å²) in [6, 6.07) is 6.11. The maximum atomic E-state index is 5.85. The van der Waals surface area contributed by atoms with Crippen molar-refractivity contribution < 1.29 is 0 Å². The molecule has 1 atom stereocenters. The van der Waals surface area contributed by atoms with Crippen LogP contribution in [0.3, 0.4) is 0 Å². The van der Waals surface area contributed by atoms with E-state index in [1.807, 2.05) is 14.1 Å². The SMILES string of the molecule is CN(C)[C@@H](CNc1cc(Cl)nc(N)n1)c1cccs1. The van der Waals surface area contributed by atoms with E-state index in [1.165, 1.54) is 4.88 Å². The van der Waals surface area contributed by atoms with Gasteiger partial charge in [0.2, 0.25) is 5.95 Å². The average molecular weight is 298 g/mol. The molecule has 2 heterocycles. The summed E-state index contributed by atoms with van der Waals surface area (Å²) in [4.78, 5) is 11.4. The van der Waals surface area contributed by atoms with Gasteiger partial charge in [-0.05, 0) is 25.5 Å².